The standard InChI is InChI=1S/C32H28Cl2F3N7O6S/c1-31(13-18-4-6-19(7-5-18)20-14-38-17-39-15-20)29(48)43(23-10-21(33)9-22(34)11-23)30-40-16-26(44(30)31)51(49,50)42-8-2-3-24(42)28(47)41-25(12-27(45)46)32(35,36)37/h4-7,9-11,14-17,24-25H,2-3,8,12-13H2,1H3,(H,41,47)(H,45,46)/t24-,25?,31+/m0/s1. The number of hydrogen-bond donors (Lipinski definition) is 2. The number of sulfonamides is 1. The number of aliphatic carboxylic acids is 1. The van der Waals surface area contributed by atoms with Gasteiger partial charge in [0.1, 0.15) is 23.9 Å². The summed E-state index contributed by atoms with van der Waals surface area (Å²) in [4.78, 5) is 52.3. The van der Waals surface area contributed by atoms with Crippen molar-refractivity contribution in [3.05, 3.63) is 83.0 Å². The fraction of sp³-hybridized carbons (Fsp3) is 0.312. The topological polar surface area (TPSA) is 168 Å². The number of carboxylic acids is 1. The number of amides is 2. The summed E-state index contributed by atoms with van der Waals surface area (Å²) in [6.07, 6.45) is -0.930. The molecule has 0 radical (unpaired) electrons. The minimum Gasteiger partial charge on any atom is -0.481 e. The zero-order valence-electron chi connectivity index (χ0n) is 26.5. The van der Waals surface area contributed by atoms with Crippen LogP contribution in [0, 0.1) is 0 Å². The second kappa shape index (κ2) is 13.5. The maximum Gasteiger partial charge on any atom is 0.409 e. The molecule has 4 heterocycles. The van der Waals surface area contributed by atoms with Crippen LogP contribution in [0.2, 0.25) is 10.0 Å². The highest BCUT2D eigenvalue weighted by atomic mass is 35.5. The summed E-state index contributed by atoms with van der Waals surface area (Å²) in [6, 6.07) is 7.14. The lowest BCUT2D eigenvalue weighted by molar-refractivity contribution is -0.170. The highest BCUT2D eigenvalue weighted by Gasteiger charge is 2.54. The Morgan fingerprint density at radius 3 is 2.31 bits per heavy atom. The van der Waals surface area contributed by atoms with Gasteiger partial charge in [0.25, 0.3) is 15.9 Å². The first-order valence-electron chi connectivity index (χ1n) is 15.3. The number of aromatic nitrogens is 4. The number of carboxylic acid groups (broad SMARTS) is 1. The molecule has 3 atom stereocenters. The van der Waals surface area contributed by atoms with Crippen LogP contribution in [0.1, 0.15) is 31.7 Å². The van der Waals surface area contributed by atoms with Crippen LogP contribution in [0.4, 0.5) is 24.8 Å². The van der Waals surface area contributed by atoms with Gasteiger partial charge in [-0.05, 0) is 49.1 Å². The fourth-order valence-electron chi connectivity index (χ4n) is 6.38. The molecule has 1 unspecified atom stereocenters. The van der Waals surface area contributed by atoms with Crippen LogP contribution >= 0.6 is 23.2 Å². The number of anilines is 2. The number of alkyl halides is 3. The van der Waals surface area contributed by atoms with Gasteiger partial charge in [-0.3, -0.25) is 19.0 Å². The Morgan fingerprint density at radius 2 is 1.71 bits per heavy atom. The van der Waals surface area contributed by atoms with Crippen LogP contribution in [-0.4, -0.2) is 79.9 Å². The van der Waals surface area contributed by atoms with Gasteiger partial charge in [-0.1, -0.05) is 47.5 Å². The molecule has 2 aromatic heterocycles. The van der Waals surface area contributed by atoms with Crippen molar-refractivity contribution in [3.8, 4) is 11.1 Å². The quantitative estimate of drug-likeness (QED) is 0.227. The predicted octanol–water partition coefficient (Wildman–Crippen LogP) is 4.96. The van der Waals surface area contributed by atoms with Gasteiger partial charge in [0.2, 0.25) is 11.9 Å². The molecule has 2 aliphatic rings. The number of halogens is 5. The summed E-state index contributed by atoms with van der Waals surface area (Å²) in [5.74, 6) is -3.80. The van der Waals surface area contributed by atoms with Crippen LogP contribution < -0.4 is 10.2 Å². The largest absolute Gasteiger partial charge is 0.481 e. The van der Waals surface area contributed by atoms with Crippen molar-refractivity contribution >= 4 is 62.6 Å². The van der Waals surface area contributed by atoms with E-state index in [-0.39, 0.29) is 47.5 Å². The molecule has 4 aromatic rings. The van der Waals surface area contributed by atoms with E-state index < -0.39 is 63.1 Å². The van der Waals surface area contributed by atoms with Crippen molar-refractivity contribution in [2.45, 2.75) is 61.4 Å². The molecule has 1 saturated heterocycles. The number of nitrogens with one attached hydrogen (secondary N) is 1. The van der Waals surface area contributed by atoms with Crippen LogP contribution in [0.3, 0.4) is 0 Å². The third-order valence-corrected chi connectivity index (χ3v) is 11.0. The third kappa shape index (κ3) is 6.90. The Labute approximate surface area is 299 Å². The molecule has 19 heteroatoms. The van der Waals surface area contributed by atoms with Crippen molar-refractivity contribution in [2.75, 3.05) is 11.4 Å². The highest BCUT2D eigenvalue weighted by Crippen LogP contribution is 2.45. The van der Waals surface area contributed by atoms with Crippen LogP contribution in [0.5, 0.6) is 0 Å². The summed E-state index contributed by atoms with van der Waals surface area (Å²) < 4.78 is 71.6. The zero-order chi connectivity index (χ0) is 36.9. The summed E-state index contributed by atoms with van der Waals surface area (Å²) >= 11 is 12.5. The first-order valence-corrected chi connectivity index (χ1v) is 17.5. The SMILES string of the molecule is C[C@@]1(Cc2ccc(-c3cncnc3)cc2)C(=O)N(c2cc(Cl)cc(Cl)c2)c2ncc(S(=O)(=O)N3CCC[C@H]3C(=O)NC(CC(=O)O)C(F)(F)F)n21. The van der Waals surface area contributed by atoms with E-state index in [1.165, 1.54) is 40.9 Å². The summed E-state index contributed by atoms with van der Waals surface area (Å²) in [7, 11) is -4.73. The Hall–Kier alpha value is -4.58. The lowest BCUT2D eigenvalue weighted by Gasteiger charge is -2.29. The van der Waals surface area contributed by atoms with Gasteiger partial charge in [-0.15, -0.1) is 0 Å². The molecule has 2 N–H and O–H groups in total. The molecule has 0 saturated carbocycles. The summed E-state index contributed by atoms with van der Waals surface area (Å²) in [5.41, 5.74) is 0.719. The van der Waals surface area contributed by atoms with E-state index in [1.807, 2.05) is 0 Å². The fourth-order valence-corrected chi connectivity index (χ4v) is 8.74. The Bertz CT molecular complexity index is 2100. The first kappa shape index (κ1) is 36.2. The number of rotatable bonds is 10. The molecule has 2 amide bonds. The van der Waals surface area contributed by atoms with E-state index in [0.29, 0.717) is 5.56 Å². The summed E-state index contributed by atoms with van der Waals surface area (Å²) in [6.45, 7) is 1.29. The van der Waals surface area contributed by atoms with Gasteiger partial charge in [0, 0.05) is 41.0 Å². The second-order valence-corrected chi connectivity index (χ2v) is 15.0. The Kier molecular flexibility index (Phi) is 9.60. The second-order valence-electron chi connectivity index (χ2n) is 12.2. The molecule has 1 fully saturated rings. The molecular weight excluding hydrogens is 738 g/mol. The molecule has 2 aliphatic heterocycles. The van der Waals surface area contributed by atoms with Gasteiger partial charge >= 0.3 is 12.1 Å². The third-order valence-electron chi connectivity index (χ3n) is 8.74. The van der Waals surface area contributed by atoms with Crippen molar-refractivity contribution in [1.29, 1.82) is 0 Å². The molecule has 51 heavy (non-hydrogen) atoms. The molecule has 0 bridgehead atoms. The normalized spacial score (nSPS) is 20.0. The van der Waals surface area contributed by atoms with Gasteiger partial charge in [-0.25, -0.2) is 28.3 Å². The number of carbonyl (C=O) groups is 3. The monoisotopic (exact) mass is 765 g/mol. The Balaban J connectivity index is 1.40. The number of benzene rings is 2. The first-order chi connectivity index (χ1) is 24.0. The van der Waals surface area contributed by atoms with Gasteiger partial charge < -0.3 is 10.4 Å². The molecule has 268 valence electrons. The van der Waals surface area contributed by atoms with Crippen molar-refractivity contribution in [1.82, 2.24) is 29.1 Å². The maximum absolute atomic E-state index is 14.5. The Morgan fingerprint density at radius 1 is 1.06 bits per heavy atom. The van der Waals surface area contributed by atoms with Gasteiger partial charge in [-0.2, -0.15) is 17.5 Å². The minimum atomic E-state index is -5.11. The number of nitrogens with zero attached hydrogens (tertiary/aromatic N) is 6. The zero-order valence-corrected chi connectivity index (χ0v) is 28.8. The lowest BCUT2D eigenvalue weighted by Crippen LogP contribution is -2.53. The van der Waals surface area contributed by atoms with Crippen LogP contribution in [-0.2, 0) is 36.4 Å². The summed E-state index contributed by atoms with van der Waals surface area (Å²) in [5, 5.41) is 10.5. The van der Waals surface area contributed by atoms with Crippen molar-refractivity contribution in [2.24, 2.45) is 0 Å². The lowest BCUT2D eigenvalue weighted by atomic mass is 9.91. The number of fused-ring (bicyclic) bond motifs is 1. The van der Waals surface area contributed by atoms with E-state index in [0.717, 1.165) is 21.6 Å². The number of imidazole rings is 1. The molecule has 0 spiro atoms. The minimum absolute atomic E-state index is 0.0412. The van der Waals surface area contributed by atoms with Crippen LogP contribution in [0.25, 0.3) is 11.1 Å². The highest BCUT2D eigenvalue weighted by molar-refractivity contribution is 7.89. The van der Waals surface area contributed by atoms with Gasteiger partial charge in [0.05, 0.1) is 18.3 Å². The number of carbonyl (C=O) groups excluding carboxylic acids is 2. The van der Waals surface area contributed by atoms with Crippen molar-refractivity contribution < 1.29 is 41.1 Å². The maximum atomic E-state index is 14.5. The smallest absolute Gasteiger partial charge is 0.409 e. The number of hydrogen-bond acceptors (Lipinski definition) is 8. The average Bonchev–Trinajstić information content (AvgIpc) is 3.78. The van der Waals surface area contributed by atoms with E-state index in [4.69, 9.17) is 28.3 Å². The van der Waals surface area contributed by atoms with E-state index in [1.54, 1.807) is 42.0 Å². The van der Waals surface area contributed by atoms with E-state index >= 15 is 0 Å². The molecule has 13 nitrogen and oxygen atoms in total. The molecular formula is C32H28Cl2F3N7O6S. The van der Waals surface area contributed by atoms with Gasteiger partial charge in [0.15, 0.2) is 5.03 Å². The van der Waals surface area contributed by atoms with E-state index in [9.17, 15) is 36.0 Å². The van der Waals surface area contributed by atoms with Crippen molar-refractivity contribution in [3.63, 3.8) is 0 Å². The molecule has 6 rings (SSSR count). The average molecular weight is 767 g/mol. The van der Waals surface area contributed by atoms with E-state index in [2.05, 4.69) is 15.0 Å². The molecule has 2 aromatic carbocycles. The predicted molar refractivity (Wildman–Crippen MR) is 178 cm³/mol. The molecule has 0 aliphatic carbocycles. The van der Waals surface area contributed by atoms with Crippen LogP contribution in [0.15, 0.2) is 72.4 Å².